The van der Waals surface area contributed by atoms with Crippen molar-refractivity contribution in [1.29, 1.82) is 0 Å². The highest BCUT2D eigenvalue weighted by Crippen LogP contribution is 2.36. The second-order valence-electron chi connectivity index (χ2n) is 4.64. The first-order valence-electron chi connectivity index (χ1n) is 6.42. The molecule has 2 heterocycles. The van der Waals surface area contributed by atoms with Crippen LogP contribution in [0.25, 0.3) is 0 Å². The van der Waals surface area contributed by atoms with Gasteiger partial charge in [0, 0.05) is 17.1 Å². The number of thioether (sulfide) groups is 1. The van der Waals surface area contributed by atoms with Crippen LogP contribution in [0.1, 0.15) is 18.0 Å². The van der Waals surface area contributed by atoms with Crippen LogP contribution in [0.2, 0.25) is 5.15 Å². The molecule has 2 aromatic rings. The second-order valence-corrected chi connectivity index (χ2v) is 7.82. The van der Waals surface area contributed by atoms with E-state index in [4.69, 9.17) is 11.6 Å². The molecule has 7 heteroatoms. The Morgan fingerprint density at radius 2 is 2.05 bits per heavy atom. The van der Waals surface area contributed by atoms with Gasteiger partial charge in [0.2, 0.25) is 10.0 Å². The Hall–Kier alpha value is -1.08. The lowest BCUT2D eigenvalue weighted by atomic mass is 10.1. The smallest absolute Gasteiger partial charge is 0.243 e. The summed E-state index contributed by atoms with van der Waals surface area (Å²) in [7, 11) is -3.69. The van der Waals surface area contributed by atoms with E-state index in [1.807, 2.05) is 24.3 Å². The summed E-state index contributed by atoms with van der Waals surface area (Å²) >= 11 is 7.64. The molecule has 1 atom stereocenters. The zero-order valence-electron chi connectivity index (χ0n) is 11.0. The third kappa shape index (κ3) is 3.08. The minimum absolute atomic E-state index is 0.0107. The van der Waals surface area contributed by atoms with Gasteiger partial charge in [-0.25, -0.2) is 18.1 Å². The third-order valence-corrected chi connectivity index (χ3v) is 6.31. The molecular formula is C14H13ClN2O2S2. The number of benzene rings is 1. The molecule has 4 nitrogen and oxygen atoms in total. The van der Waals surface area contributed by atoms with Crippen molar-refractivity contribution >= 4 is 33.4 Å². The summed E-state index contributed by atoms with van der Waals surface area (Å²) in [6.45, 7) is 0. The molecule has 21 heavy (non-hydrogen) atoms. The van der Waals surface area contributed by atoms with Crippen LogP contribution in [0, 0.1) is 0 Å². The van der Waals surface area contributed by atoms with Crippen LogP contribution in [0.4, 0.5) is 0 Å². The van der Waals surface area contributed by atoms with Gasteiger partial charge >= 0.3 is 0 Å². The average Bonchev–Trinajstić information content (AvgIpc) is 2.47. The predicted molar refractivity (Wildman–Crippen MR) is 84.1 cm³/mol. The molecule has 1 aromatic heterocycles. The molecular weight excluding hydrogens is 328 g/mol. The minimum Gasteiger partial charge on any atom is -0.243 e. The summed E-state index contributed by atoms with van der Waals surface area (Å²) in [5, 5.41) is -0.0107. The van der Waals surface area contributed by atoms with Gasteiger partial charge in [-0.15, -0.1) is 11.8 Å². The monoisotopic (exact) mass is 340 g/mol. The van der Waals surface area contributed by atoms with E-state index in [0.717, 1.165) is 22.6 Å². The van der Waals surface area contributed by atoms with Gasteiger partial charge in [0.25, 0.3) is 0 Å². The van der Waals surface area contributed by atoms with Crippen LogP contribution in [-0.2, 0) is 10.0 Å². The normalized spacial score (nSPS) is 18.2. The second kappa shape index (κ2) is 5.96. The standard InChI is InChI=1S/C14H13ClN2O2S2/c15-14-13(6-3-8-16-14)21(18,19)17-11-7-9-20-12-5-2-1-4-10(11)12/h1-6,8,11,17H,7,9H2. The number of pyridine rings is 1. The van der Waals surface area contributed by atoms with Gasteiger partial charge in [-0.2, -0.15) is 0 Å². The van der Waals surface area contributed by atoms with E-state index in [1.165, 1.54) is 12.3 Å². The lowest BCUT2D eigenvalue weighted by Gasteiger charge is -2.25. The Kier molecular flexibility index (Phi) is 4.21. The fourth-order valence-corrected chi connectivity index (χ4v) is 5.11. The van der Waals surface area contributed by atoms with E-state index in [2.05, 4.69) is 9.71 Å². The largest absolute Gasteiger partial charge is 0.244 e. The first kappa shape index (κ1) is 14.8. The fourth-order valence-electron chi connectivity index (χ4n) is 2.29. The molecule has 0 spiro atoms. The molecule has 0 amide bonds. The van der Waals surface area contributed by atoms with Gasteiger partial charge in [0.15, 0.2) is 0 Å². The Bertz CT molecular complexity index is 765. The van der Waals surface area contributed by atoms with Crippen LogP contribution in [0.5, 0.6) is 0 Å². The first-order chi connectivity index (χ1) is 10.1. The lowest BCUT2D eigenvalue weighted by Crippen LogP contribution is -2.31. The molecule has 1 aliphatic heterocycles. The minimum atomic E-state index is -3.69. The number of halogens is 1. The van der Waals surface area contributed by atoms with Crippen molar-refractivity contribution < 1.29 is 8.42 Å². The topological polar surface area (TPSA) is 59.1 Å². The van der Waals surface area contributed by atoms with Crippen LogP contribution >= 0.6 is 23.4 Å². The summed E-state index contributed by atoms with van der Waals surface area (Å²) in [5.74, 6) is 0.880. The van der Waals surface area contributed by atoms with Gasteiger partial charge in [-0.3, -0.25) is 0 Å². The van der Waals surface area contributed by atoms with Gasteiger partial charge in [-0.1, -0.05) is 29.8 Å². The van der Waals surface area contributed by atoms with E-state index >= 15 is 0 Å². The molecule has 0 bridgehead atoms. The van der Waals surface area contributed by atoms with E-state index < -0.39 is 10.0 Å². The lowest BCUT2D eigenvalue weighted by molar-refractivity contribution is 0.545. The van der Waals surface area contributed by atoms with Gasteiger partial charge < -0.3 is 0 Å². The number of aromatic nitrogens is 1. The maximum absolute atomic E-state index is 12.5. The molecule has 0 saturated heterocycles. The maximum atomic E-state index is 12.5. The van der Waals surface area contributed by atoms with Gasteiger partial charge in [0.05, 0.1) is 0 Å². The van der Waals surface area contributed by atoms with E-state index in [-0.39, 0.29) is 16.1 Å². The van der Waals surface area contributed by atoms with Crippen molar-refractivity contribution in [3.8, 4) is 0 Å². The van der Waals surface area contributed by atoms with Crippen molar-refractivity contribution in [2.75, 3.05) is 5.75 Å². The first-order valence-corrected chi connectivity index (χ1v) is 9.27. The Labute approximate surface area is 133 Å². The number of hydrogen-bond acceptors (Lipinski definition) is 4. The maximum Gasteiger partial charge on any atom is 0.244 e. The van der Waals surface area contributed by atoms with Crippen LogP contribution in [0.15, 0.2) is 52.4 Å². The molecule has 1 unspecified atom stereocenters. The highest BCUT2D eigenvalue weighted by Gasteiger charge is 2.27. The van der Waals surface area contributed by atoms with Crippen molar-refractivity contribution in [2.24, 2.45) is 0 Å². The molecule has 0 radical (unpaired) electrons. The van der Waals surface area contributed by atoms with E-state index in [1.54, 1.807) is 17.8 Å². The Balaban J connectivity index is 1.93. The highest BCUT2D eigenvalue weighted by atomic mass is 35.5. The molecule has 0 fully saturated rings. The summed E-state index contributed by atoms with van der Waals surface area (Å²) < 4.78 is 27.7. The predicted octanol–water partition coefficient (Wildman–Crippen LogP) is 3.25. The average molecular weight is 341 g/mol. The van der Waals surface area contributed by atoms with Crippen LogP contribution in [0.3, 0.4) is 0 Å². The van der Waals surface area contributed by atoms with E-state index in [0.29, 0.717) is 0 Å². The number of rotatable bonds is 3. The summed E-state index contributed by atoms with van der Waals surface area (Å²) in [5.41, 5.74) is 1.01. The number of fused-ring (bicyclic) bond motifs is 1. The Morgan fingerprint density at radius 1 is 1.24 bits per heavy atom. The van der Waals surface area contributed by atoms with E-state index in [9.17, 15) is 8.42 Å². The van der Waals surface area contributed by atoms with Crippen LogP contribution < -0.4 is 4.72 Å². The Morgan fingerprint density at radius 3 is 2.86 bits per heavy atom. The molecule has 0 saturated carbocycles. The molecule has 3 rings (SSSR count). The molecule has 110 valence electrons. The fraction of sp³-hybridized carbons (Fsp3) is 0.214. The van der Waals surface area contributed by atoms with Crippen molar-refractivity contribution in [1.82, 2.24) is 9.71 Å². The van der Waals surface area contributed by atoms with Crippen molar-refractivity contribution in [3.05, 3.63) is 53.3 Å². The molecule has 0 aliphatic carbocycles. The van der Waals surface area contributed by atoms with Crippen LogP contribution in [-0.4, -0.2) is 19.2 Å². The number of hydrogen-bond donors (Lipinski definition) is 1. The van der Waals surface area contributed by atoms with Gasteiger partial charge in [-0.05, 0) is 35.9 Å². The number of nitrogens with zero attached hydrogens (tertiary/aromatic N) is 1. The quantitative estimate of drug-likeness (QED) is 0.871. The summed E-state index contributed by atoms with van der Waals surface area (Å²) in [4.78, 5) is 4.96. The molecule has 1 aliphatic rings. The molecule has 1 N–H and O–H groups in total. The summed E-state index contributed by atoms with van der Waals surface area (Å²) in [6.07, 6.45) is 2.21. The van der Waals surface area contributed by atoms with Crippen molar-refractivity contribution in [2.45, 2.75) is 22.3 Å². The van der Waals surface area contributed by atoms with Crippen molar-refractivity contribution in [3.63, 3.8) is 0 Å². The molecule has 1 aromatic carbocycles. The highest BCUT2D eigenvalue weighted by molar-refractivity contribution is 7.99. The third-order valence-electron chi connectivity index (χ3n) is 3.27. The summed E-state index contributed by atoms with van der Waals surface area (Å²) in [6, 6.07) is 10.6. The SMILES string of the molecule is O=S(=O)(NC1CCSc2ccccc21)c1cccnc1Cl. The zero-order chi connectivity index (χ0) is 14.9. The number of sulfonamides is 1. The zero-order valence-corrected chi connectivity index (χ0v) is 13.4. The van der Waals surface area contributed by atoms with Gasteiger partial charge in [0.1, 0.15) is 10.0 Å². The number of nitrogens with one attached hydrogen (secondary N) is 1.